The molecule has 2 saturated carbocycles. The standard InChI is InChI=1S/C39H47NO9/c1-23-16-17-37(3)30(38(23,4)22-46-24(2)41)20-31(48-32(42)11-7-9-25-12-14-27(45-6)15-13-25)39(5)35(37)34(43)33-29(49-39)19-28(47-36(33)44)26-10-8-18-40-21-26/h8,10,12-15,18-19,21,23,30-31,34-35,43H,7,9,11,16-17,20,22H2,1-6H3/t23-,30?,31-,34-,35?,37-,38?,39+/m0/s1. The molecule has 49 heavy (non-hydrogen) atoms. The largest absolute Gasteiger partial charge is 0.497 e. The van der Waals surface area contributed by atoms with Crippen molar-refractivity contribution < 1.29 is 38.1 Å². The van der Waals surface area contributed by atoms with Gasteiger partial charge in [0.2, 0.25) is 0 Å². The number of fused-ring (bicyclic) bond motifs is 4. The van der Waals surface area contributed by atoms with E-state index in [2.05, 4.69) is 25.8 Å². The summed E-state index contributed by atoms with van der Waals surface area (Å²) in [6.45, 7) is 9.90. The Balaban J connectivity index is 1.36. The van der Waals surface area contributed by atoms with Crippen molar-refractivity contribution in [2.75, 3.05) is 13.7 Å². The number of benzene rings is 1. The first-order valence-corrected chi connectivity index (χ1v) is 17.2. The molecule has 0 amide bonds. The highest BCUT2D eigenvalue weighted by molar-refractivity contribution is 5.70. The highest BCUT2D eigenvalue weighted by Crippen LogP contribution is 2.68. The van der Waals surface area contributed by atoms with Crippen LogP contribution in [-0.2, 0) is 25.5 Å². The van der Waals surface area contributed by atoms with Crippen LogP contribution >= 0.6 is 0 Å². The number of carbonyl (C=O) groups excluding carboxylic acids is 2. The normalized spacial score (nSPS) is 31.7. The van der Waals surface area contributed by atoms with Gasteiger partial charge in [-0.1, -0.05) is 32.9 Å². The average Bonchev–Trinajstić information content (AvgIpc) is 3.07. The van der Waals surface area contributed by atoms with Crippen LogP contribution in [0, 0.1) is 28.6 Å². The van der Waals surface area contributed by atoms with Crippen molar-refractivity contribution in [3.63, 3.8) is 0 Å². The van der Waals surface area contributed by atoms with Crippen LogP contribution in [0.25, 0.3) is 11.3 Å². The summed E-state index contributed by atoms with van der Waals surface area (Å²) in [4.78, 5) is 43.4. The molecule has 1 N–H and O–H groups in total. The Hall–Kier alpha value is -4.18. The number of hydrogen-bond donors (Lipinski definition) is 1. The number of esters is 2. The summed E-state index contributed by atoms with van der Waals surface area (Å²) >= 11 is 0. The van der Waals surface area contributed by atoms with Crippen LogP contribution in [0.4, 0.5) is 0 Å². The Labute approximate surface area is 287 Å². The zero-order valence-corrected chi connectivity index (χ0v) is 29.2. The Kier molecular flexibility index (Phi) is 9.39. The van der Waals surface area contributed by atoms with Crippen molar-refractivity contribution in [2.45, 2.75) is 91.0 Å². The molecule has 1 aliphatic heterocycles. The van der Waals surface area contributed by atoms with Gasteiger partial charge < -0.3 is 28.5 Å². The number of nitrogens with zero attached hydrogens (tertiary/aromatic N) is 1. The lowest BCUT2D eigenvalue weighted by Gasteiger charge is -2.66. The summed E-state index contributed by atoms with van der Waals surface area (Å²) in [5, 5.41) is 12.3. The van der Waals surface area contributed by atoms with Gasteiger partial charge in [0.25, 0.3) is 0 Å². The fraction of sp³-hybridized carbons (Fsp3) is 0.538. The SMILES string of the molecule is COc1ccc(CCCC(=O)O[C@H]2CC3C(C)(COC(C)=O)[C@@H](C)CC[C@]3(C)C3[C@@H](O)c4c(cc(-c5cccnc5)oc4=O)O[C@@]32C)cc1. The van der Waals surface area contributed by atoms with Gasteiger partial charge in [0, 0.05) is 48.7 Å². The lowest BCUT2D eigenvalue weighted by Crippen LogP contribution is -2.70. The predicted octanol–water partition coefficient (Wildman–Crippen LogP) is 6.47. The number of carbonyl (C=O) groups is 2. The van der Waals surface area contributed by atoms with E-state index >= 15 is 0 Å². The van der Waals surface area contributed by atoms with E-state index in [0.29, 0.717) is 24.8 Å². The first-order chi connectivity index (χ1) is 23.3. The van der Waals surface area contributed by atoms with E-state index in [4.69, 9.17) is 23.4 Å². The Morgan fingerprint density at radius 2 is 1.88 bits per heavy atom. The summed E-state index contributed by atoms with van der Waals surface area (Å²) in [5.74, 6) is -0.0854. The van der Waals surface area contributed by atoms with E-state index in [9.17, 15) is 19.5 Å². The molecule has 3 heterocycles. The molecule has 6 rings (SSSR count). The van der Waals surface area contributed by atoms with Crippen molar-refractivity contribution >= 4 is 11.9 Å². The van der Waals surface area contributed by atoms with Gasteiger partial charge in [0.15, 0.2) is 0 Å². The first-order valence-electron chi connectivity index (χ1n) is 17.2. The maximum absolute atomic E-state index is 13.6. The summed E-state index contributed by atoms with van der Waals surface area (Å²) in [6.07, 6.45) is 4.67. The summed E-state index contributed by atoms with van der Waals surface area (Å²) in [6, 6.07) is 12.9. The molecule has 10 heteroatoms. The molecule has 1 aromatic carbocycles. The second kappa shape index (κ2) is 13.3. The second-order valence-electron chi connectivity index (χ2n) is 14.8. The van der Waals surface area contributed by atoms with Crippen LogP contribution in [0.5, 0.6) is 11.5 Å². The van der Waals surface area contributed by atoms with Crippen molar-refractivity contribution in [1.82, 2.24) is 4.98 Å². The van der Waals surface area contributed by atoms with E-state index in [1.807, 2.05) is 31.2 Å². The number of ether oxygens (including phenoxy) is 4. The highest BCUT2D eigenvalue weighted by Gasteiger charge is 2.70. The average molecular weight is 674 g/mol. The fourth-order valence-electron chi connectivity index (χ4n) is 9.14. The zero-order chi connectivity index (χ0) is 35.1. The molecule has 10 nitrogen and oxygen atoms in total. The third kappa shape index (κ3) is 6.24. The fourth-order valence-corrected chi connectivity index (χ4v) is 9.14. The van der Waals surface area contributed by atoms with E-state index in [1.165, 1.54) is 6.92 Å². The van der Waals surface area contributed by atoms with Gasteiger partial charge in [-0.2, -0.15) is 0 Å². The maximum Gasteiger partial charge on any atom is 0.345 e. The van der Waals surface area contributed by atoms with E-state index < -0.39 is 40.2 Å². The Bertz CT molecular complexity index is 1740. The van der Waals surface area contributed by atoms with Crippen molar-refractivity contribution in [1.29, 1.82) is 0 Å². The number of pyridine rings is 1. The van der Waals surface area contributed by atoms with Gasteiger partial charge in [0.05, 0.1) is 19.8 Å². The van der Waals surface area contributed by atoms with Crippen LogP contribution in [0.15, 0.2) is 64.1 Å². The summed E-state index contributed by atoms with van der Waals surface area (Å²) in [5.41, 5.74) is -1.20. The van der Waals surface area contributed by atoms with Crippen LogP contribution in [0.3, 0.4) is 0 Å². The number of aliphatic hydroxyl groups is 1. The van der Waals surface area contributed by atoms with E-state index in [-0.39, 0.29) is 53.9 Å². The van der Waals surface area contributed by atoms with Gasteiger partial charge in [-0.15, -0.1) is 0 Å². The molecule has 0 spiro atoms. The highest BCUT2D eigenvalue weighted by atomic mass is 16.6. The molecule has 2 fully saturated rings. The third-order valence-corrected chi connectivity index (χ3v) is 12.0. The molecule has 0 radical (unpaired) electrons. The smallest absolute Gasteiger partial charge is 0.345 e. The van der Waals surface area contributed by atoms with Crippen molar-refractivity contribution in [2.24, 2.45) is 28.6 Å². The number of rotatable bonds is 9. The molecular weight excluding hydrogens is 626 g/mol. The summed E-state index contributed by atoms with van der Waals surface area (Å²) in [7, 11) is 1.62. The molecule has 3 unspecified atom stereocenters. The van der Waals surface area contributed by atoms with E-state index in [1.54, 1.807) is 37.7 Å². The van der Waals surface area contributed by atoms with Crippen LogP contribution in [0.1, 0.15) is 84.0 Å². The van der Waals surface area contributed by atoms with Gasteiger partial charge in [0.1, 0.15) is 34.5 Å². The Morgan fingerprint density at radius 3 is 2.55 bits per heavy atom. The number of aromatic nitrogens is 1. The molecule has 2 aliphatic carbocycles. The molecule has 262 valence electrons. The minimum atomic E-state index is -1.26. The molecule has 0 saturated heterocycles. The van der Waals surface area contributed by atoms with Gasteiger partial charge in [-0.3, -0.25) is 14.6 Å². The van der Waals surface area contributed by atoms with Gasteiger partial charge in [-0.25, -0.2) is 4.79 Å². The minimum absolute atomic E-state index is 0.0573. The zero-order valence-electron chi connectivity index (χ0n) is 29.2. The van der Waals surface area contributed by atoms with Crippen LogP contribution in [-0.4, -0.2) is 47.5 Å². The number of aryl methyl sites for hydroxylation is 1. The quantitative estimate of drug-likeness (QED) is 0.252. The topological polar surface area (TPSA) is 134 Å². The number of aliphatic hydroxyl groups excluding tert-OH is 1. The predicted molar refractivity (Wildman–Crippen MR) is 181 cm³/mol. The first kappa shape index (κ1) is 34.7. The number of hydrogen-bond acceptors (Lipinski definition) is 10. The lowest BCUT2D eigenvalue weighted by atomic mass is 9.41. The lowest BCUT2D eigenvalue weighted by molar-refractivity contribution is -0.262. The second-order valence-corrected chi connectivity index (χ2v) is 14.8. The van der Waals surface area contributed by atoms with Gasteiger partial charge in [-0.05, 0) is 86.1 Å². The Morgan fingerprint density at radius 1 is 1.12 bits per heavy atom. The maximum atomic E-state index is 13.6. The van der Waals surface area contributed by atoms with Gasteiger partial charge >= 0.3 is 17.6 Å². The molecule has 8 atom stereocenters. The number of methoxy groups -OCH3 is 1. The molecule has 2 aromatic heterocycles. The molecule has 0 bridgehead atoms. The third-order valence-electron chi connectivity index (χ3n) is 12.0. The molecule has 3 aromatic rings. The molecular formula is C39H47NO9. The van der Waals surface area contributed by atoms with Crippen LogP contribution < -0.4 is 15.1 Å². The molecule has 3 aliphatic rings. The van der Waals surface area contributed by atoms with Crippen molar-refractivity contribution in [3.8, 4) is 22.8 Å². The van der Waals surface area contributed by atoms with E-state index in [0.717, 1.165) is 24.2 Å². The summed E-state index contributed by atoms with van der Waals surface area (Å²) < 4.78 is 29.9. The minimum Gasteiger partial charge on any atom is -0.497 e. The van der Waals surface area contributed by atoms with Crippen LogP contribution in [0.2, 0.25) is 0 Å². The monoisotopic (exact) mass is 673 g/mol. The van der Waals surface area contributed by atoms with Crippen molar-refractivity contribution in [3.05, 3.63) is 76.4 Å².